The van der Waals surface area contributed by atoms with Crippen LogP contribution < -0.4 is 29.1 Å². The number of rotatable bonds is 10. The van der Waals surface area contributed by atoms with Crippen molar-refractivity contribution in [1.29, 1.82) is 5.26 Å². The highest BCUT2D eigenvalue weighted by Crippen LogP contribution is 2.36. The molecular formula is C33H27BrIN3O6S. The predicted octanol–water partition coefficient (Wildman–Crippen LogP) is 5.63. The maximum absolute atomic E-state index is 14.0. The van der Waals surface area contributed by atoms with Gasteiger partial charge in [0.05, 0.1) is 56.1 Å². The van der Waals surface area contributed by atoms with Crippen LogP contribution in [0.25, 0.3) is 6.08 Å². The van der Waals surface area contributed by atoms with Crippen LogP contribution in [-0.4, -0.2) is 30.9 Å². The zero-order chi connectivity index (χ0) is 32.1. The number of fused-ring (bicyclic) bond motifs is 1. The van der Waals surface area contributed by atoms with Crippen LogP contribution in [-0.2, 0) is 16.1 Å². The fraction of sp³-hybridized carbons (Fsp3) is 0.212. The average molecular weight is 800 g/mol. The van der Waals surface area contributed by atoms with Crippen LogP contribution in [0.1, 0.15) is 42.1 Å². The van der Waals surface area contributed by atoms with Gasteiger partial charge < -0.3 is 18.9 Å². The lowest BCUT2D eigenvalue weighted by Crippen LogP contribution is -2.39. The lowest BCUT2D eigenvalue weighted by atomic mass is 9.97. The van der Waals surface area contributed by atoms with Crippen molar-refractivity contribution >= 4 is 61.9 Å². The summed E-state index contributed by atoms with van der Waals surface area (Å²) in [6.45, 7) is 4.86. The molecule has 12 heteroatoms. The van der Waals surface area contributed by atoms with Crippen molar-refractivity contribution in [3.63, 3.8) is 0 Å². The predicted molar refractivity (Wildman–Crippen MR) is 182 cm³/mol. The van der Waals surface area contributed by atoms with Crippen molar-refractivity contribution in [3.8, 4) is 23.3 Å². The molecule has 0 unspecified atom stereocenters. The average Bonchev–Trinajstić information content (AvgIpc) is 3.35. The summed E-state index contributed by atoms with van der Waals surface area (Å²) in [7, 11) is 1.30. The van der Waals surface area contributed by atoms with Crippen LogP contribution in [0.2, 0.25) is 0 Å². The third kappa shape index (κ3) is 6.85. The van der Waals surface area contributed by atoms with Gasteiger partial charge in [-0.1, -0.05) is 35.6 Å². The maximum Gasteiger partial charge on any atom is 0.337 e. The highest BCUT2D eigenvalue weighted by Gasteiger charge is 2.31. The molecule has 1 aliphatic heterocycles. The Morgan fingerprint density at radius 2 is 1.87 bits per heavy atom. The van der Waals surface area contributed by atoms with Crippen LogP contribution in [0.4, 0.5) is 0 Å². The highest BCUT2D eigenvalue weighted by molar-refractivity contribution is 14.1. The third-order valence-corrected chi connectivity index (χ3v) is 9.22. The van der Waals surface area contributed by atoms with Crippen LogP contribution in [0.3, 0.4) is 0 Å². The number of ether oxygens (including phenoxy) is 4. The summed E-state index contributed by atoms with van der Waals surface area (Å²) >= 11 is 7.02. The van der Waals surface area contributed by atoms with E-state index in [-0.39, 0.29) is 17.7 Å². The number of esters is 1. The number of methoxy groups -OCH3 is 1. The largest absolute Gasteiger partial charge is 0.490 e. The first-order valence-electron chi connectivity index (χ1n) is 13.9. The molecule has 4 aromatic rings. The lowest BCUT2D eigenvalue weighted by Gasteiger charge is -2.23. The van der Waals surface area contributed by atoms with E-state index in [1.165, 1.54) is 29.2 Å². The maximum atomic E-state index is 14.0. The second-order valence-electron chi connectivity index (χ2n) is 9.62. The SMILES string of the molecule is CCOc1ccc([C@@H]2C(C(=O)OC)=CN=c3s/c(=C\c4cc(Br)c(OCc5ccccc5C#N)c(I)c4)c(=O)n32)cc1OCC. The molecule has 0 spiro atoms. The second kappa shape index (κ2) is 14.4. The quantitative estimate of drug-likeness (QED) is 0.151. The van der Waals surface area contributed by atoms with Crippen LogP contribution >= 0.6 is 49.9 Å². The standard InChI is InChI=1S/C33H27BrIN3O6S/c1-4-42-26-11-10-20(15-27(26)43-5-2)29-23(32(40)41-3)17-37-33-38(29)31(39)28(45-33)14-19-12-24(34)30(25(35)13-19)44-18-22-9-7-6-8-21(22)16-36/h6-15,17,29H,4-5,18H2,1-3H3/b28-14-/t29-/m1/s1. The molecule has 2 heterocycles. The van der Waals surface area contributed by atoms with Crippen molar-refractivity contribution in [2.45, 2.75) is 26.5 Å². The van der Waals surface area contributed by atoms with E-state index in [0.717, 1.165) is 14.7 Å². The number of aromatic nitrogens is 1. The molecule has 1 aliphatic rings. The number of carbonyl (C=O) groups is 1. The number of hydrogen-bond donors (Lipinski definition) is 0. The highest BCUT2D eigenvalue weighted by atomic mass is 127. The summed E-state index contributed by atoms with van der Waals surface area (Å²) in [5, 5.41) is 9.39. The van der Waals surface area contributed by atoms with Gasteiger partial charge in [-0.2, -0.15) is 5.26 Å². The first-order valence-corrected chi connectivity index (χ1v) is 16.6. The molecule has 45 heavy (non-hydrogen) atoms. The van der Waals surface area contributed by atoms with Gasteiger partial charge >= 0.3 is 5.97 Å². The molecule has 3 aromatic carbocycles. The molecule has 0 amide bonds. The summed E-state index contributed by atoms with van der Waals surface area (Å²) in [5.74, 6) is 1.13. The van der Waals surface area contributed by atoms with Crippen LogP contribution in [0.5, 0.6) is 17.2 Å². The Hall–Kier alpha value is -3.93. The smallest absolute Gasteiger partial charge is 0.337 e. The van der Waals surface area contributed by atoms with Crippen molar-refractivity contribution in [2.75, 3.05) is 20.3 Å². The Labute approximate surface area is 285 Å². The lowest BCUT2D eigenvalue weighted by molar-refractivity contribution is -0.136. The van der Waals surface area contributed by atoms with E-state index in [1.54, 1.807) is 24.3 Å². The third-order valence-electron chi connectivity index (χ3n) is 6.84. The van der Waals surface area contributed by atoms with E-state index in [9.17, 15) is 14.9 Å². The Balaban J connectivity index is 1.54. The minimum atomic E-state index is -0.787. The molecule has 230 valence electrons. The normalized spacial score (nSPS) is 14.1. The van der Waals surface area contributed by atoms with E-state index < -0.39 is 12.0 Å². The monoisotopic (exact) mass is 799 g/mol. The number of halogens is 2. The minimum absolute atomic E-state index is 0.222. The Kier molecular flexibility index (Phi) is 10.4. The first-order chi connectivity index (χ1) is 21.8. The van der Waals surface area contributed by atoms with Gasteiger partial charge in [0.2, 0.25) is 0 Å². The van der Waals surface area contributed by atoms with Gasteiger partial charge in [-0.3, -0.25) is 9.36 Å². The molecule has 5 rings (SSSR count). The van der Waals surface area contributed by atoms with Gasteiger partial charge in [0.15, 0.2) is 16.3 Å². The zero-order valence-electron chi connectivity index (χ0n) is 24.5. The first kappa shape index (κ1) is 32.5. The zero-order valence-corrected chi connectivity index (χ0v) is 29.1. The summed E-state index contributed by atoms with van der Waals surface area (Å²) in [6.07, 6.45) is 3.24. The van der Waals surface area contributed by atoms with Crippen molar-refractivity contribution in [1.82, 2.24) is 4.57 Å². The van der Waals surface area contributed by atoms with Crippen LogP contribution in [0, 0.1) is 14.9 Å². The minimum Gasteiger partial charge on any atom is -0.490 e. The van der Waals surface area contributed by atoms with E-state index in [2.05, 4.69) is 49.6 Å². The fourth-order valence-corrected chi connectivity index (χ4v) is 7.58. The molecule has 0 saturated heterocycles. The molecule has 0 fully saturated rings. The van der Waals surface area contributed by atoms with Gasteiger partial charge in [0, 0.05) is 11.8 Å². The number of nitriles is 1. The fourth-order valence-electron chi connectivity index (χ4n) is 4.84. The van der Waals surface area contributed by atoms with E-state index in [0.29, 0.717) is 55.4 Å². The van der Waals surface area contributed by atoms with Crippen molar-refractivity contribution < 1.29 is 23.7 Å². The number of thiazole rings is 1. The van der Waals surface area contributed by atoms with E-state index >= 15 is 0 Å². The Morgan fingerprint density at radius 3 is 2.58 bits per heavy atom. The van der Waals surface area contributed by atoms with Gasteiger partial charge in [-0.15, -0.1) is 0 Å². The number of nitrogens with zero attached hydrogens (tertiary/aromatic N) is 3. The number of benzene rings is 3. The Morgan fingerprint density at radius 1 is 1.11 bits per heavy atom. The second-order valence-corrected chi connectivity index (χ2v) is 12.6. The molecule has 9 nitrogen and oxygen atoms in total. The molecule has 0 N–H and O–H groups in total. The summed E-state index contributed by atoms with van der Waals surface area (Å²) in [5.41, 5.74) is 2.69. The van der Waals surface area contributed by atoms with Gasteiger partial charge in [-0.05, 0) is 99.9 Å². The molecule has 1 aromatic heterocycles. The van der Waals surface area contributed by atoms with Gasteiger partial charge in [-0.25, -0.2) is 9.79 Å². The summed E-state index contributed by atoms with van der Waals surface area (Å²) in [6, 6.07) is 17.8. The van der Waals surface area contributed by atoms with Gasteiger partial charge in [0.1, 0.15) is 12.4 Å². The topological polar surface area (TPSA) is 112 Å². The van der Waals surface area contributed by atoms with Gasteiger partial charge in [0.25, 0.3) is 5.56 Å². The van der Waals surface area contributed by atoms with E-state index in [4.69, 9.17) is 18.9 Å². The summed E-state index contributed by atoms with van der Waals surface area (Å²) in [4.78, 5) is 31.8. The number of carbonyl (C=O) groups excluding carboxylic acids is 1. The summed E-state index contributed by atoms with van der Waals surface area (Å²) < 4.78 is 26.2. The van der Waals surface area contributed by atoms with Crippen LogP contribution in [0.15, 0.2) is 80.6 Å². The van der Waals surface area contributed by atoms with Crippen molar-refractivity contribution in [3.05, 3.63) is 116 Å². The molecule has 0 aliphatic carbocycles. The molecule has 0 bridgehead atoms. The Bertz CT molecular complexity index is 2010. The molecule has 0 radical (unpaired) electrons. The molecular weight excluding hydrogens is 773 g/mol. The van der Waals surface area contributed by atoms with E-state index in [1.807, 2.05) is 50.2 Å². The molecule has 0 saturated carbocycles. The molecule has 1 atom stereocenters. The number of hydrogen-bond acceptors (Lipinski definition) is 9. The van der Waals surface area contributed by atoms with Crippen molar-refractivity contribution in [2.24, 2.45) is 4.99 Å².